The van der Waals surface area contributed by atoms with Crippen molar-refractivity contribution in [3.63, 3.8) is 0 Å². The molecule has 2 aliphatic rings. The van der Waals surface area contributed by atoms with Crippen molar-refractivity contribution in [3.8, 4) is 0 Å². The van der Waals surface area contributed by atoms with Gasteiger partial charge in [0.2, 0.25) is 5.78 Å². The number of para-hydroxylation sites is 1. The van der Waals surface area contributed by atoms with Gasteiger partial charge in [0, 0.05) is 62.9 Å². The van der Waals surface area contributed by atoms with Crippen LogP contribution in [0.4, 0.5) is 0 Å². The lowest BCUT2D eigenvalue weighted by Crippen LogP contribution is -2.48. The fourth-order valence-electron chi connectivity index (χ4n) is 4.87. The maximum absolute atomic E-state index is 11.9. The van der Waals surface area contributed by atoms with Gasteiger partial charge in [-0.15, -0.1) is 24.8 Å². The van der Waals surface area contributed by atoms with Crippen LogP contribution in [0, 0.1) is 5.92 Å². The molecule has 0 spiro atoms. The zero-order valence-electron chi connectivity index (χ0n) is 17.5. The highest BCUT2D eigenvalue weighted by atomic mass is 35.5. The second-order valence-electron chi connectivity index (χ2n) is 8.38. The van der Waals surface area contributed by atoms with Gasteiger partial charge in [0.1, 0.15) is 0 Å². The van der Waals surface area contributed by atoms with Gasteiger partial charge in [-0.2, -0.15) is 0 Å². The Morgan fingerprint density at radius 3 is 2.30 bits per heavy atom. The van der Waals surface area contributed by atoms with Crippen LogP contribution in [0.3, 0.4) is 0 Å². The first kappa shape index (κ1) is 24.9. The van der Waals surface area contributed by atoms with Gasteiger partial charge in [0.25, 0.3) is 0 Å². The van der Waals surface area contributed by atoms with E-state index in [4.69, 9.17) is 0 Å². The van der Waals surface area contributed by atoms with Gasteiger partial charge in [0.15, 0.2) is 6.29 Å². The van der Waals surface area contributed by atoms with Gasteiger partial charge in [0.05, 0.1) is 5.56 Å². The van der Waals surface area contributed by atoms with Crippen LogP contribution < -0.4 is 0 Å². The third kappa shape index (κ3) is 5.85. The Morgan fingerprint density at radius 2 is 1.60 bits per heavy atom. The first-order chi connectivity index (χ1) is 13.7. The molecule has 2 fully saturated rings. The van der Waals surface area contributed by atoms with Gasteiger partial charge < -0.3 is 9.47 Å². The molecule has 1 aromatic carbocycles. The normalized spacial score (nSPS) is 18.5. The van der Waals surface area contributed by atoms with E-state index >= 15 is 0 Å². The number of carbonyl (C=O) groups excluding carboxylic acids is 2. The number of ketones is 1. The second-order valence-corrected chi connectivity index (χ2v) is 8.38. The van der Waals surface area contributed by atoms with Crippen molar-refractivity contribution in [1.82, 2.24) is 14.4 Å². The molecule has 1 aliphatic carbocycles. The van der Waals surface area contributed by atoms with E-state index in [1.807, 2.05) is 30.5 Å². The zero-order chi connectivity index (χ0) is 19.3. The minimum atomic E-state index is -0.439. The fourth-order valence-corrected chi connectivity index (χ4v) is 4.87. The predicted molar refractivity (Wildman–Crippen MR) is 126 cm³/mol. The number of aromatic nitrogens is 1. The predicted octanol–water partition coefficient (Wildman–Crippen LogP) is 4.06. The Bertz CT molecular complexity index is 825. The quantitative estimate of drug-likeness (QED) is 0.360. The van der Waals surface area contributed by atoms with E-state index in [1.165, 1.54) is 38.6 Å². The van der Waals surface area contributed by atoms with Crippen molar-refractivity contribution in [2.24, 2.45) is 5.92 Å². The Kier molecular flexibility index (Phi) is 9.82. The van der Waals surface area contributed by atoms with Gasteiger partial charge in [-0.25, -0.2) is 0 Å². The van der Waals surface area contributed by atoms with Crippen molar-refractivity contribution in [3.05, 3.63) is 36.0 Å². The van der Waals surface area contributed by atoms with Crippen LogP contribution in [-0.2, 0) is 11.3 Å². The molecule has 0 bridgehead atoms. The molecular formula is C23H33Cl2N3O2. The average molecular weight is 454 g/mol. The minimum absolute atomic E-state index is 0. The molecule has 1 saturated carbocycles. The fraction of sp³-hybridized carbons (Fsp3) is 0.565. The summed E-state index contributed by atoms with van der Waals surface area (Å²) in [5.41, 5.74) is 1.55. The van der Waals surface area contributed by atoms with Crippen LogP contribution in [0.5, 0.6) is 0 Å². The molecule has 7 heteroatoms. The number of hydrogen-bond acceptors (Lipinski definition) is 4. The molecule has 0 atom stereocenters. The second kappa shape index (κ2) is 11.8. The molecule has 0 radical (unpaired) electrons. The summed E-state index contributed by atoms with van der Waals surface area (Å²) in [7, 11) is 0. The summed E-state index contributed by atoms with van der Waals surface area (Å²) in [6.07, 6.45) is 9.37. The van der Waals surface area contributed by atoms with Crippen LogP contribution in [0.15, 0.2) is 30.5 Å². The maximum Gasteiger partial charge on any atom is 0.227 e. The van der Waals surface area contributed by atoms with E-state index in [9.17, 15) is 9.59 Å². The SMILES string of the molecule is Cl.Cl.O=CC(=O)c1cn(CCN2CCN(CC3CCCCC3)CC2)c2ccccc12. The first-order valence-electron chi connectivity index (χ1n) is 10.8. The number of nitrogens with zero attached hydrogens (tertiary/aromatic N) is 3. The molecule has 2 heterocycles. The summed E-state index contributed by atoms with van der Waals surface area (Å²) in [6.45, 7) is 7.67. The van der Waals surface area contributed by atoms with Crippen LogP contribution >= 0.6 is 24.8 Å². The van der Waals surface area contributed by atoms with Crippen molar-refractivity contribution in [1.29, 1.82) is 0 Å². The van der Waals surface area contributed by atoms with Gasteiger partial charge in [-0.1, -0.05) is 37.5 Å². The summed E-state index contributed by atoms with van der Waals surface area (Å²) >= 11 is 0. The highest BCUT2D eigenvalue weighted by Crippen LogP contribution is 2.25. The van der Waals surface area contributed by atoms with E-state index < -0.39 is 5.78 Å². The molecule has 0 amide bonds. The third-order valence-electron chi connectivity index (χ3n) is 6.52. The van der Waals surface area contributed by atoms with Crippen molar-refractivity contribution in [2.45, 2.75) is 38.6 Å². The number of rotatable bonds is 7. The number of aldehydes is 1. The largest absolute Gasteiger partial charge is 0.345 e. The number of fused-ring (bicyclic) bond motifs is 1. The van der Waals surface area contributed by atoms with E-state index in [-0.39, 0.29) is 24.8 Å². The van der Waals surface area contributed by atoms with Crippen LogP contribution in [0.2, 0.25) is 0 Å². The number of halogens is 2. The average Bonchev–Trinajstić information content (AvgIpc) is 3.12. The molecule has 0 N–H and O–H groups in total. The first-order valence-corrected chi connectivity index (χ1v) is 10.8. The molecule has 1 aromatic heterocycles. The molecule has 1 saturated heterocycles. The zero-order valence-corrected chi connectivity index (χ0v) is 19.1. The molecule has 4 rings (SSSR count). The maximum atomic E-state index is 11.9. The molecule has 0 unspecified atom stereocenters. The summed E-state index contributed by atoms with van der Waals surface area (Å²) in [4.78, 5) is 28.1. The van der Waals surface area contributed by atoms with Crippen molar-refractivity contribution >= 4 is 47.8 Å². The number of carbonyl (C=O) groups is 2. The number of Topliss-reactive ketones (excluding diaryl/α,β-unsaturated/α-hetero) is 1. The lowest BCUT2D eigenvalue weighted by Gasteiger charge is -2.37. The number of benzene rings is 1. The smallest absolute Gasteiger partial charge is 0.227 e. The van der Waals surface area contributed by atoms with Gasteiger partial charge in [-0.05, 0) is 24.8 Å². The summed E-state index contributed by atoms with van der Waals surface area (Å²) in [5.74, 6) is 0.478. The van der Waals surface area contributed by atoms with Gasteiger partial charge in [-0.3, -0.25) is 14.5 Å². The van der Waals surface area contributed by atoms with Gasteiger partial charge >= 0.3 is 0 Å². The van der Waals surface area contributed by atoms with Crippen LogP contribution in [0.1, 0.15) is 42.5 Å². The topological polar surface area (TPSA) is 45.6 Å². The van der Waals surface area contributed by atoms with E-state index in [0.717, 1.165) is 56.1 Å². The lowest BCUT2D eigenvalue weighted by atomic mass is 9.89. The summed E-state index contributed by atoms with van der Waals surface area (Å²) < 4.78 is 2.13. The Balaban J connectivity index is 0.00000160. The lowest BCUT2D eigenvalue weighted by molar-refractivity contribution is -0.104. The molecule has 1 aliphatic heterocycles. The standard InChI is InChI=1S/C23H31N3O2.2ClH/c27-18-23(28)21-17-26(22-9-5-4-8-20(21)22)15-14-24-10-12-25(13-11-24)16-19-6-2-1-3-7-19;;/h4-5,8-9,17-19H,1-3,6-7,10-16H2;2*1H. The summed E-state index contributed by atoms with van der Waals surface area (Å²) in [5, 5.41) is 0.872. The molecule has 166 valence electrons. The molecule has 5 nitrogen and oxygen atoms in total. The molecule has 2 aromatic rings. The highest BCUT2D eigenvalue weighted by Gasteiger charge is 2.22. The molecule has 30 heavy (non-hydrogen) atoms. The monoisotopic (exact) mass is 453 g/mol. The number of piperazine rings is 1. The summed E-state index contributed by atoms with van der Waals surface area (Å²) in [6, 6.07) is 7.85. The molecular weight excluding hydrogens is 421 g/mol. The van der Waals surface area contributed by atoms with Crippen LogP contribution in [-0.4, -0.2) is 65.7 Å². The van der Waals surface area contributed by atoms with E-state index in [2.05, 4.69) is 14.4 Å². The van der Waals surface area contributed by atoms with E-state index in [0.29, 0.717) is 11.8 Å². The Hall–Kier alpha value is -1.40. The van der Waals surface area contributed by atoms with Crippen LogP contribution in [0.25, 0.3) is 10.9 Å². The third-order valence-corrected chi connectivity index (χ3v) is 6.52. The van der Waals surface area contributed by atoms with E-state index in [1.54, 1.807) is 0 Å². The minimum Gasteiger partial charge on any atom is -0.345 e. The van der Waals surface area contributed by atoms with Crippen molar-refractivity contribution < 1.29 is 9.59 Å². The number of hydrogen-bond donors (Lipinski definition) is 0. The van der Waals surface area contributed by atoms with Crippen molar-refractivity contribution in [2.75, 3.05) is 39.3 Å². The Labute approximate surface area is 191 Å². The Morgan fingerprint density at radius 1 is 0.933 bits per heavy atom. The highest BCUT2D eigenvalue weighted by molar-refractivity contribution is 6.36.